The van der Waals surface area contributed by atoms with Gasteiger partial charge in [0.1, 0.15) is 50.2 Å². The molecular formula is C40H55BrO26. The largest absolute Gasteiger partial charge is 0.463 e. The minimum atomic E-state index is -3.50. The van der Waals surface area contributed by atoms with Gasteiger partial charge in [0.15, 0.2) is 61.6 Å². The van der Waals surface area contributed by atoms with Gasteiger partial charge in [0.25, 0.3) is 0 Å². The fourth-order valence-electron chi connectivity index (χ4n) is 6.69. The lowest BCUT2D eigenvalue weighted by molar-refractivity contribution is -0.380. The molecule has 3 fully saturated rings. The monoisotopic (exact) mass is 1030 g/mol. The summed E-state index contributed by atoms with van der Waals surface area (Å²) >= 11 is 3.19. The van der Waals surface area contributed by atoms with Gasteiger partial charge < -0.3 is 75.8 Å². The quantitative estimate of drug-likeness (QED) is 0.0847. The Hall–Kier alpha value is -5.06. The first kappa shape index (κ1) is 49.8. The van der Waals surface area contributed by atoms with E-state index in [0.717, 1.165) is 69.2 Å². The summed E-state index contributed by atoms with van der Waals surface area (Å²) in [6.45, 7) is 1.02. The second kappa shape index (κ2) is 26.5. The van der Waals surface area contributed by atoms with Crippen molar-refractivity contribution in [3.63, 3.8) is 0 Å². The molecule has 67 heavy (non-hydrogen) atoms. The lowest BCUT2D eigenvalue weighted by Crippen LogP contribution is -2.69. The van der Waals surface area contributed by atoms with E-state index in [2.05, 4.69) is 15.9 Å². The number of carbonyl (C=O) groups excluding carboxylic acids is 10. The Bertz CT molecular complexity index is 1970. The predicted octanol–water partition coefficient (Wildman–Crippen LogP) is -0.446. The molecule has 0 N–H and O–H groups in total. The van der Waals surface area contributed by atoms with Crippen LogP contribution >= 0.6 is 15.9 Å². The Balaban J connectivity index is 2.43. The molecule has 27 heteroatoms. The molecule has 0 bridgehead atoms. The summed E-state index contributed by atoms with van der Waals surface area (Å²) in [5.41, 5.74) is 0. The molecule has 0 radical (unpaired) electrons. The van der Waals surface area contributed by atoms with E-state index in [1.165, 1.54) is 0 Å². The van der Waals surface area contributed by atoms with Gasteiger partial charge in [0, 0.05) is 74.6 Å². The maximum Gasteiger partial charge on any atom is 0.303 e. The molecule has 3 saturated heterocycles. The maximum absolute atomic E-state index is 13.1. The van der Waals surface area contributed by atoms with E-state index in [4.69, 9.17) is 81.3 Å². The first-order chi connectivity index (χ1) is 32.9. The van der Waals surface area contributed by atoms with Crippen molar-refractivity contribution in [2.45, 2.75) is 161 Å². The van der Waals surface area contributed by atoms with E-state index in [1.807, 2.05) is 0 Å². The molecule has 15 atom stereocenters. The Labute approximate surface area is 397 Å². The minimum Gasteiger partial charge on any atom is -0.463 e. The summed E-state index contributed by atoms with van der Waals surface area (Å²) < 4.78 is 125. The molecule has 378 valence electrons. The van der Waals surface area contributed by atoms with Gasteiger partial charge in [-0.15, -0.1) is 0 Å². The predicted molar refractivity (Wildman–Crippen MR) is 214 cm³/mol. The zero-order valence-corrected chi connectivity index (χ0v) is 39.4. The van der Waals surface area contributed by atoms with E-state index in [9.17, 15) is 47.9 Å². The third kappa shape index (κ3) is 17.5. The van der Waals surface area contributed by atoms with Crippen LogP contribution in [0.4, 0.5) is 0 Å². The van der Waals surface area contributed by atoms with Crippen LogP contribution in [-0.4, -0.2) is 183 Å². The van der Waals surface area contributed by atoms with Crippen LogP contribution in [0.15, 0.2) is 0 Å². The highest BCUT2D eigenvalue weighted by Gasteiger charge is 2.60. The standard InChI is InChI=1S/C40H55BrO26/c1-16(42)53-13-26-29(56-19(4)45)32(57-20(5)46)36(61-24(9)50)39(64-26)67-31-28(15-55-18(3)44)65-40(37(62-25(10)51)34(31)59-22(7)48)66-30-27(14-54-17(2)43)63-38(52-12-11-41)35(60-23(8)49)33(30)58-21(6)47/h26-40H,11-15H2,1-10H3/t26-,27-,28-,29+,30-,31+,32+,33+,34+,35-,36-,37-,38+,39+,40+/m1/s1/i13D2,15D2. The van der Waals surface area contributed by atoms with Crippen molar-refractivity contribution in [3.05, 3.63) is 0 Å². The van der Waals surface area contributed by atoms with Crippen LogP contribution in [0, 0.1) is 0 Å². The topological polar surface area (TPSA) is 318 Å². The van der Waals surface area contributed by atoms with Crippen molar-refractivity contribution < 1.29 is 129 Å². The molecule has 0 saturated carbocycles. The second-order valence-electron chi connectivity index (χ2n) is 14.4. The molecule has 26 nitrogen and oxygen atoms in total. The van der Waals surface area contributed by atoms with E-state index in [0.29, 0.717) is 0 Å². The van der Waals surface area contributed by atoms with Gasteiger partial charge in [-0.05, 0) is 0 Å². The first-order valence-corrected chi connectivity index (χ1v) is 21.2. The third-order valence-corrected chi connectivity index (χ3v) is 9.05. The molecule has 0 aliphatic carbocycles. The number of carbonyl (C=O) groups is 10. The average molecular weight is 1040 g/mol. The number of esters is 10. The van der Waals surface area contributed by atoms with Gasteiger partial charge in [-0.1, -0.05) is 15.9 Å². The molecule has 0 unspecified atom stereocenters. The fourth-order valence-corrected chi connectivity index (χ4v) is 6.88. The highest BCUT2D eigenvalue weighted by Crippen LogP contribution is 2.38. The number of alkyl halides is 1. The lowest BCUT2D eigenvalue weighted by Gasteiger charge is -2.50. The van der Waals surface area contributed by atoms with E-state index in [1.54, 1.807) is 0 Å². The van der Waals surface area contributed by atoms with Crippen LogP contribution in [0.25, 0.3) is 0 Å². The van der Waals surface area contributed by atoms with Gasteiger partial charge in [-0.25, -0.2) is 0 Å². The van der Waals surface area contributed by atoms with Gasteiger partial charge in [-0.3, -0.25) is 47.9 Å². The van der Waals surface area contributed by atoms with Gasteiger partial charge in [0.05, 0.1) is 12.1 Å². The summed E-state index contributed by atoms with van der Waals surface area (Å²) in [4.78, 5) is 126. The number of hydrogen-bond donors (Lipinski definition) is 0. The summed E-state index contributed by atoms with van der Waals surface area (Å²) in [6, 6.07) is 0. The van der Waals surface area contributed by atoms with Crippen molar-refractivity contribution >= 4 is 75.6 Å². The second-order valence-corrected chi connectivity index (χ2v) is 15.2. The number of rotatable bonds is 20. The highest BCUT2D eigenvalue weighted by molar-refractivity contribution is 9.09. The van der Waals surface area contributed by atoms with Crippen LogP contribution in [0.3, 0.4) is 0 Å². The van der Waals surface area contributed by atoms with Crippen molar-refractivity contribution in [2.24, 2.45) is 0 Å². The third-order valence-electron chi connectivity index (χ3n) is 8.73. The number of halogens is 1. The van der Waals surface area contributed by atoms with E-state index < -0.39 is 172 Å². The first-order valence-electron chi connectivity index (χ1n) is 22.1. The Morgan fingerprint density at radius 1 is 0.388 bits per heavy atom. The molecule has 0 amide bonds. The highest BCUT2D eigenvalue weighted by atomic mass is 79.9. The smallest absolute Gasteiger partial charge is 0.303 e. The van der Waals surface area contributed by atoms with Crippen molar-refractivity contribution in [1.29, 1.82) is 0 Å². The number of hydrogen-bond acceptors (Lipinski definition) is 26. The Morgan fingerprint density at radius 2 is 0.687 bits per heavy atom. The van der Waals surface area contributed by atoms with Gasteiger partial charge >= 0.3 is 59.7 Å². The number of ether oxygens (including phenoxy) is 16. The summed E-state index contributed by atoms with van der Waals surface area (Å²) in [7, 11) is 0. The molecule has 0 aromatic carbocycles. The van der Waals surface area contributed by atoms with Crippen LogP contribution in [0.5, 0.6) is 0 Å². The van der Waals surface area contributed by atoms with Crippen LogP contribution in [0.2, 0.25) is 0 Å². The van der Waals surface area contributed by atoms with E-state index >= 15 is 0 Å². The van der Waals surface area contributed by atoms with E-state index in [-0.39, 0.29) is 11.9 Å². The average Bonchev–Trinajstić information content (AvgIpc) is 3.19. The molecule has 0 spiro atoms. The Kier molecular flexibility index (Phi) is 19.7. The fraction of sp³-hybridized carbons (Fsp3) is 0.750. The molecular weight excluding hydrogens is 976 g/mol. The maximum atomic E-state index is 13.1. The van der Waals surface area contributed by atoms with Gasteiger partial charge in [-0.2, -0.15) is 0 Å². The molecule has 0 aromatic rings. The molecule has 3 aliphatic heterocycles. The van der Waals surface area contributed by atoms with Crippen LogP contribution < -0.4 is 0 Å². The minimum absolute atomic E-state index is 0.107. The van der Waals surface area contributed by atoms with Crippen LogP contribution in [0.1, 0.15) is 74.7 Å². The van der Waals surface area contributed by atoms with Crippen LogP contribution in [-0.2, 0) is 124 Å². The SMILES string of the molecule is [2H]C([2H])(OC(C)=O)[C@H]1O[C@@H](O[C@@H]2[C@H](OC(C)=O)[C@@H](OC(C)=O)[C@H](O[C@H]3[C@H](OC(C)=O)[C@@H](OC(C)=O)[C@@H](OCCBr)O[C@@H]3COC(C)=O)O[C@@H]2C([2H])([2H])OC(C)=O)[C@H](OC(C)=O)[C@@H](OC(C)=O)[C@H]1OC(C)=O. The van der Waals surface area contributed by atoms with Crippen molar-refractivity contribution in [3.8, 4) is 0 Å². The van der Waals surface area contributed by atoms with Crippen molar-refractivity contribution in [1.82, 2.24) is 0 Å². The summed E-state index contributed by atoms with van der Waals surface area (Å²) in [5, 5.41) is 0.198. The lowest BCUT2D eigenvalue weighted by atomic mass is 9.95. The molecule has 3 heterocycles. The van der Waals surface area contributed by atoms with Crippen molar-refractivity contribution in [2.75, 3.05) is 31.7 Å². The molecule has 0 aromatic heterocycles. The summed E-state index contributed by atoms with van der Waals surface area (Å²) in [5.74, 6) is -11.4. The zero-order valence-electron chi connectivity index (χ0n) is 41.8. The zero-order chi connectivity index (χ0) is 53.9. The molecule has 3 aliphatic rings. The van der Waals surface area contributed by atoms with Gasteiger partial charge in [0.2, 0.25) is 0 Å². The summed E-state index contributed by atoms with van der Waals surface area (Å²) in [6.07, 6.45) is -31.8. The Morgan fingerprint density at radius 3 is 1.04 bits per heavy atom. The normalized spacial score (nSPS) is 32.7. The molecule has 3 rings (SSSR count).